The average molecular weight is 550 g/mol. The maximum absolute atomic E-state index is 13.8. The van der Waals surface area contributed by atoms with Gasteiger partial charge in [-0.3, -0.25) is 9.36 Å². The molecule has 1 saturated heterocycles. The number of aromatic amines is 1. The molecule has 6 rings (SSSR count). The van der Waals surface area contributed by atoms with Gasteiger partial charge in [-0.05, 0) is 68.5 Å². The summed E-state index contributed by atoms with van der Waals surface area (Å²) < 4.78 is 25.2. The van der Waals surface area contributed by atoms with Crippen LogP contribution in [0.1, 0.15) is 50.1 Å². The number of benzene rings is 2. The molecule has 1 amide bonds. The molecule has 3 atom stereocenters. The van der Waals surface area contributed by atoms with E-state index in [0.717, 1.165) is 16.6 Å². The maximum atomic E-state index is 13.8. The zero-order chi connectivity index (χ0) is 27.6. The van der Waals surface area contributed by atoms with Crippen LogP contribution >= 0.6 is 0 Å². The standard InChI is InChI=1S/C30H35N3O7/c1-2-37-29-21(6-5-15-34)22(19-9-10-25-26(16-19)39-18-38-25)17-27(40-29)28(35)32-13-11-20(12-14-32)33-24-8-4-3-7-23(24)31-30(33)36/h3-4,7-10,16-17,20-22,29,34H,2,5-6,11-15,18H2,1H3,(H,31,36)/t21-,22+,29+/m1/s1. The quantitative estimate of drug-likeness (QED) is 0.441. The Bertz CT molecular complexity index is 1450. The molecule has 0 spiro atoms. The van der Waals surface area contributed by atoms with Crippen molar-refractivity contribution in [2.75, 3.05) is 33.1 Å². The molecule has 0 aliphatic carbocycles. The van der Waals surface area contributed by atoms with E-state index in [1.165, 1.54) is 0 Å². The second-order valence-corrected chi connectivity index (χ2v) is 10.5. The number of imidazole rings is 1. The van der Waals surface area contributed by atoms with Crippen molar-refractivity contribution < 1.29 is 28.8 Å². The fourth-order valence-electron chi connectivity index (χ4n) is 6.18. The van der Waals surface area contributed by atoms with Crippen molar-refractivity contribution in [3.63, 3.8) is 0 Å². The first-order valence-electron chi connectivity index (χ1n) is 14.1. The number of ether oxygens (including phenoxy) is 4. The third-order valence-corrected chi connectivity index (χ3v) is 8.14. The molecule has 40 heavy (non-hydrogen) atoms. The number of H-pyrrole nitrogens is 1. The van der Waals surface area contributed by atoms with Crippen LogP contribution in [0.2, 0.25) is 0 Å². The van der Waals surface area contributed by atoms with Gasteiger partial charge in [-0.2, -0.15) is 0 Å². The first kappa shape index (κ1) is 26.5. The lowest BCUT2D eigenvalue weighted by Gasteiger charge is -2.39. The number of allylic oxidation sites excluding steroid dienone is 1. The van der Waals surface area contributed by atoms with Gasteiger partial charge >= 0.3 is 5.69 Å². The molecular formula is C30H35N3O7. The molecule has 10 heteroatoms. The highest BCUT2D eigenvalue weighted by atomic mass is 16.7. The van der Waals surface area contributed by atoms with Crippen molar-refractivity contribution in [2.24, 2.45) is 5.92 Å². The second-order valence-electron chi connectivity index (χ2n) is 10.5. The lowest BCUT2D eigenvalue weighted by molar-refractivity contribution is -0.170. The summed E-state index contributed by atoms with van der Waals surface area (Å²) >= 11 is 0. The predicted octanol–water partition coefficient (Wildman–Crippen LogP) is 3.67. The van der Waals surface area contributed by atoms with Crippen LogP contribution in [0.25, 0.3) is 11.0 Å². The smallest absolute Gasteiger partial charge is 0.326 e. The SMILES string of the molecule is CCO[C@H]1OC(C(=O)N2CCC(n3c(=O)[nH]c4ccccc43)CC2)=C[C@@H](c2ccc3c(c2)OCO3)[C@H]1CCCO. The van der Waals surface area contributed by atoms with Crippen molar-refractivity contribution in [3.8, 4) is 11.5 Å². The first-order chi connectivity index (χ1) is 19.6. The Balaban J connectivity index is 1.24. The van der Waals surface area contributed by atoms with Crippen LogP contribution in [0.5, 0.6) is 11.5 Å². The number of amides is 1. The summed E-state index contributed by atoms with van der Waals surface area (Å²) in [5, 5.41) is 9.56. The number of piperidine rings is 1. The Morgan fingerprint density at radius 1 is 1.12 bits per heavy atom. The predicted molar refractivity (Wildman–Crippen MR) is 147 cm³/mol. The third kappa shape index (κ3) is 4.97. The van der Waals surface area contributed by atoms with Gasteiger partial charge in [0.2, 0.25) is 13.1 Å². The van der Waals surface area contributed by atoms with Crippen molar-refractivity contribution in [1.29, 1.82) is 0 Å². The fourth-order valence-corrected chi connectivity index (χ4v) is 6.18. The lowest BCUT2D eigenvalue weighted by Crippen LogP contribution is -2.44. The van der Waals surface area contributed by atoms with E-state index in [1.54, 1.807) is 4.90 Å². The van der Waals surface area contributed by atoms with Crippen LogP contribution in [-0.2, 0) is 14.3 Å². The molecule has 0 bridgehead atoms. The number of aliphatic hydroxyl groups excluding tert-OH is 1. The number of nitrogens with one attached hydrogen (secondary N) is 1. The van der Waals surface area contributed by atoms with Crippen molar-refractivity contribution in [2.45, 2.75) is 50.9 Å². The highest BCUT2D eigenvalue weighted by Gasteiger charge is 2.40. The van der Waals surface area contributed by atoms with Crippen molar-refractivity contribution in [3.05, 3.63) is 70.3 Å². The summed E-state index contributed by atoms with van der Waals surface area (Å²) in [6.45, 7) is 3.60. The minimum atomic E-state index is -0.627. The molecule has 2 N–H and O–H groups in total. The number of aromatic nitrogens is 2. The highest BCUT2D eigenvalue weighted by molar-refractivity contribution is 5.92. The molecule has 0 radical (unpaired) electrons. The van der Waals surface area contributed by atoms with Gasteiger partial charge in [0.1, 0.15) is 0 Å². The van der Waals surface area contributed by atoms with Crippen molar-refractivity contribution in [1.82, 2.24) is 14.5 Å². The van der Waals surface area contributed by atoms with Gasteiger partial charge in [-0.15, -0.1) is 0 Å². The van der Waals surface area contributed by atoms with Gasteiger partial charge in [0, 0.05) is 44.2 Å². The van der Waals surface area contributed by atoms with Crippen LogP contribution in [0.15, 0.2) is 59.1 Å². The number of fused-ring (bicyclic) bond motifs is 2. The van der Waals surface area contributed by atoms with Gasteiger partial charge in [0.25, 0.3) is 5.91 Å². The van der Waals surface area contributed by atoms with Crippen LogP contribution in [0.3, 0.4) is 0 Å². The molecular weight excluding hydrogens is 514 g/mol. The number of rotatable bonds is 8. The van der Waals surface area contributed by atoms with Crippen molar-refractivity contribution >= 4 is 16.9 Å². The van der Waals surface area contributed by atoms with E-state index in [4.69, 9.17) is 18.9 Å². The monoisotopic (exact) mass is 549 g/mol. The largest absolute Gasteiger partial charge is 0.459 e. The average Bonchev–Trinajstić information content (AvgIpc) is 3.59. The Kier molecular flexibility index (Phi) is 7.53. The molecule has 1 aromatic heterocycles. The summed E-state index contributed by atoms with van der Waals surface area (Å²) in [4.78, 5) is 31.2. The summed E-state index contributed by atoms with van der Waals surface area (Å²) in [7, 11) is 0. The molecule has 2 aromatic carbocycles. The van der Waals surface area contributed by atoms with Crippen LogP contribution < -0.4 is 15.2 Å². The summed E-state index contributed by atoms with van der Waals surface area (Å²) in [5.41, 5.74) is 2.56. The van der Waals surface area contributed by atoms with E-state index in [1.807, 2.05) is 60.0 Å². The molecule has 1 fully saturated rings. The van der Waals surface area contributed by atoms with Crippen LogP contribution in [-0.4, -0.2) is 64.9 Å². The molecule has 0 saturated carbocycles. The van der Waals surface area contributed by atoms with E-state index < -0.39 is 6.29 Å². The Morgan fingerprint density at radius 3 is 2.73 bits per heavy atom. The number of carbonyl (C=O) groups is 1. The van der Waals surface area contributed by atoms with E-state index in [9.17, 15) is 14.7 Å². The fraction of sp³-hybridized carbons (Fsp3) is 0.467. The van der Waals surface area contributed by atoms with E-state index in [2.05, 4.69) is 4.98 Å². The number of likely N-dealkylation sites (tertiary alicyclic amines) is 1. The summed E-state index contributed by atoms with van der Waals surface area (Å²) in [6.07, 6.45) is 3.87. The van der Waals surface area contributed by atoms with Gasteiger partial charge in [-0.1, -0.05) is 18.2 Å². The number of aliphatic hydroxyl groups is 1. The number of nitrogens with zero attached hydrogens (tertiary/aromatic N) is 2. The number of para-hydroxylation sites is 2. The Hall–Kier alpha value is -3.76. The minimum Gasteiger partial charge on any atom is -0.459 e. The molecule has 0 unspecified atom stereocenters. The lowest BCUT2D eigenvalue weighted by atomic mass is 9.80. The second kappa shape index (κ2) is 11.4. The van der Waals surface area contributed by atoms with Crippen LogP contribution in [0.4, 0.5) is 0 Å². The molecule has 212 valence electrons. The molecule has 10 nitrogen and oxygen atoms in total. The van der Waals surface area contributed by atoms with Gasteiger partial charge in [-0.25, -0.2) is 4.79 Å². The number of hydrogen-bond donors (Lipinski definition) is 2. The van der Waals surface area contributed by atoms with Gasteiger partial charge in [0.15, 0.2) is 17.3 Å². The Morgan fingerprint density at radius 2 is 1.93 bits per heavy atom. The third-order valence-electron chi connectivity index (χ3n) is 8.14. The normalized spacial score (nSPS) is 22.8. The van der Waals surface area contributed by atoms with E-state index in [0.29, 0.717) is 56.9 Å². The zero-order valence-corrected chi connectivity index (χ0v) is 22.6. The van der Waals surface area contributed by atoms with Gasteiger partial charge < -0.3 is 33.9 Å². The highest BCUT2D eigenvalue weighted by Crippen LogP contribution is 2.43. The molecule has 3 aliphatic rings. The summed E-state index contributed by atoms with van der Waals surface area (Å²) in [5.74, 6) is 1.19. The zero-order valence-electron chi connectivity index (χ0n) is 22.6. The first-order valence-corrected chi connectivity index (χ1v) is 14.1. The molecule has 3 aliphatic heterocycles. The van der Waals surface area contributed by atoms with Crippen LogP contribution in [0, 0.1) is 5.92 Å². The minimum absolute atomic E-state index is 0.00868. The Labute approximate surface area is 232 Å². The molecule has 3 aromatic rings. The maximum Gasteiger partial charge on any atom is 0.326 e. The number of carbonyl (C=O) groups excluding carboxylic acids is 1. The van der Waals surface area contributed by atoms with E-state index >= 15 is 0 Å². The topological polar surface area (TPSA) is 115 Å². The van der Waals surface area contributed by atoms with E-state index in [-0.39, 0.29) is 48.6 Å². The van der Waals surface area contributed by atoms with Gasteiger partial charge in [0.05, 0.1) is 11.0 Å². The summed E-state index contributed by atoms with van der Waals surface area (Å²) in [6, 6.07) is 13.5. The number of hydrogen-bond acceptors (Lipinski definition) is 7. The molecule has 4 heterocycles.